The molecule has 20 heavy (non-hydrogen) atoms. The van der Waals surface area contributed by atoms with Crippen LogP contribution in [-0.2, 0) is 0 Å². The third-order valence-corrected chi connectivity index (χ3v) is 3.11. The van der Waals surface area contributed by atoms with Gasteiger partial charge in [0, 0.05) is 0 Å². The molecular formula is C13H15F6N. The van der Waals surface area contributed by atoms with E-state index in [1.807, 2.05) is 0 Å². The van der Waals surface area contributed by atoms with E-state index in [0.29, 0.717) is 5.56 Å². The van der Waals surface area contributed by atoms with Crippen LogP contribution in [0.4, 0.5) is 26.3 Å². The van der Waals surface area contributed by atoms with Gasteiger partial charge in [-0.25, -0.2) is 0 Å². The second-order valence-electron chi connectivity index (χ2n) is 4.69. The van der Waals surface area contributed by atoms with Crippen LogP contribution in [0, 0.1) is 19.8 Å². The molecule has 0 aromatic heterocycles. The maximum absolute atomic E-state index is 12.8. The lowest BCUT2D eigenvalue weighted by atomic mass is 9.88. The standard InChI is InChI=1S/C13H15F6N/c1-7-4-5-9(8(2)6-7)10(20-3)11(12(14,15)16)13(17,18)19/h4-6,10-11,20H,1-3H3. The van der Waals surface area contributed by atoms with Gasteiger partial charge in [0.1, 0.15) is 0 Å². The number of nitrogens with one attached hydrogen (secondary N) is 1. The summed E-state index contributed by atoms with van der Waals surface area (Å²) < 4.78 is 76.7. The van der Waals surface area contributed by atoms with Crippen molar-refractivity contribution in [2.75, 3.05) is 7.05 Å². The Labute approximate surface area is 113 Å². The third kappa shape index (κ3) is 3.65. The van der Waals surface area contributed by atoms with Gasteiger partial charge in [0.05, 0.1) is 6.04 Å². The molecule has 0 spiro atoms. The van der Waals surface area contributed by atoms with Crippen LogP contribution in [0.2, 0.25) is 0 Å². The van der Waals surface area contributed by atoms with Crippen molar-refractivity contribution < 1.29 is 26.3 Å². The molecule has 1 rings (SSSR count). The molecule has 1 N–H and O–H groups in total. The third-order valence-electron chi connectivity index (χ3n) is 3.11. The number of hydrogen-bond acceptors (Lipinski definition) is 1. The molecule has 114 valence electrons. The Kier molecular flexibility index (Phi) is 4.74. The number of halogens is 6. The molecule has 0 amide bonds. The van der Waals surface area contributed by atoms with Crippen LogP contribution < -0.4 is 5.32 Å². The summed E-state index contributed by atoms with van der Waals surface area (Å²) in [4.78, 5) is 0. The van der Waals surface area contributed by atoms with Crippen molar-refractivity contribution in [1.29, 1.82) is 0 Å². The summed E-state index contributed by atoms with van der Waals surface area (Å²) in [7, 11) is 1.09. The van der Waals surface area contributed by atoms with Gasteiger partial charge in [-0.1, -0.05) is 23.8 Å². The lowest BCUT2D eigenvalue weighted by Crippen LogP contribution is -2.45. The average Bonchev–Trinajstić information content (AvgIpc) is 2.22. The van der Waals surface area contributed by atoms with E-state index < -0.39 is 24.3 Å². The summed E-state index contributed by atoms with van der Waals surface area (Å²) in [6, 6.07) is 2.49. The second-order valence-corrected chi connectivity index (χ2v) is 4.69. The minimum atomic E-state index is -5.37. The predicted molar refractivity (Wildman–Crippen MR) is 63.3 cm³/mol. The molecule has 0 saturated carbocycles. The van der Waals surface area contributed by atoms with Crippen molar-refractivity contribution in [1.82, 2.24) is 5.32 Å². The Morgan fingerprint density at radius 2 is 1.45 bits per heavy atom. The van der Waals surface area contributed by atoms with Gasteiger partial charge in [0.15, 0.2) is 5.92 Å². The Bertz CT molecular complexity index is 449. The molecule has 0 radical (unpaired) electrons. The first kappa shape index (κ1) is 16.8. The van der Waals surface area contributed by atoms with Gasteiger partial charge in [-0.2, -0.15) is 26.3 Å². The maximum Gasteiger partial charge on any atom is 0.402 e. The van der Waals surface area contributed by atoms with Crippen molar-refractivity contribution in [2.24, 2.45) is 5.92 Å². The van der Waals surface area contributed by atoms with Crippen LogP contribution in [-0.4, -0.2) is 19.4 Å². The van der Waals surface area contributed by atoms with Crippen LogP contribution in [0.15, 0.2) is 18.2 Å². The molecule has 0 fully saturated rings. The average molecular weight is 299 g/mol. The summed E-state index contributed by atoms with van der Waals surface area (Å²) in [5.74, 6) is -3.44. The van der Waals surface area contributed by atoms with E-state index in [9.17, 15) is 26.3 Å². The van der Waals surface area contributed by atoms with Gasteiger partial charge in [-0.15, -0.1) is 0 Å². The van der Waals surface area contributed by atoms with Crippen molar-refractivity contribution in [3.63, 3.8) is 0 Å². The number of benzene rings is 1. The fraction of sp³-hybridized carbons (Fsp3) is 0.538. The topological polar surface area (TPSA) is 12.0 Å². The quantitative estimate of drug-likeness (QED) is 0.820. The van der Waals surface area contributed by atoms with Crippen LogP contribution >= 0.6 is 0 Å². The number of aryl methyl sites for hydroxylation is 2. The van der Waals surface area contributed by atoms with Crippen molar-refractivity contribution in [3.05, 3.63) is 34.9 Å². The monoisotopic (exact) mass is 299 g/mol. The first-order chi connectivity index (χ1) is 8.98. The highest BCUT2D eigenvalue weighted by Gasteiger charge is 2.60. The molecule has 7 heteroatoms. The summed E-state index contributed by atoms with van der Waals surface area (Å²) in [5, 5.41) is 2.15. The first-order valence-electron chi connectivity index (χ1n) is 5.86. The molecule has 0 bridgehead atoms. The minimum absolute atomic E-state index is 0.00208. The number of hydrogen-bond donors (Lipinski definition) is 1. The summed E-state index contributed by atoms with van der Waals surface area (Å²) in [6.07, 6.45) is -10.7. The SMILES string of the molecule is CNC(c1ccc(C)cc1C)C(C(F)(F)F)C(F)(F)F. The molecule has 1 nitrogen and oxygen atoms in total. The van der Waals surface area contributed by atoms with E-state index in [2.05, 4.69) is 5.32 Å². The van der Waals surface area contributed by atoms with E-state index in [0.717, 1.165) is 12.6 Å². The molecule has 1 unspecified atom stereocenters. The predicted octanol–water partition coefficient (Wildman–Crippen LogP) is 4.30. The highest BCUT2D eigenvalue weighted by Crippen LogP contribution is 2.46. The smallest absolute Gasteiger partial charge is 0.312 e. The minimum Gasteiger partial charge on any atom is -0.312 e. The molecule has 0 saturated heterocycles. The van der Waals surface area contributed by atoms with Gasteiger partial charge < -0.3 is 5.32 Å². The molecule has 1 aromatic carbocycles. The zero-order valence-corrected chi connectivity index (χ0v) is 11.2. The van der Waals surface area contributed by atoms with E-state index in [4.69, 9.17) is 0 Å². The van der Waals surface area contributed by atoms with Crippen LogP contribution in [0.25, 0.3) is 0 Å². The number of alkyl halides is 6. The zero-order chi connectivity index (χ0) is 15.7. The normalized spacial score (nSPS) is 14.7. The largest absolute Gasteiger partial charge is 0.402 e. The summed E-state index contributed by atoms with van der Waals surface area (Å²) in [6.45, 7) is 3.21. The lowest BCUT2D eigenvalue weighted by molar-refractivity contribution is -0.292. The summed E-state index contributed by atoms with van der Waals surface area (Å²) >= 11 is 0. The molecule has 0 heterocycles. The van der Waals surface area contributed by atoms with Crippen molar-refractivity contribution in [3.8, 4) is 0 Å². The van der Waals surface area contributed by atoms with E-state index in [1.54, 1.807) is 13.0 Å². The molecule has 0 aliphatic rings. The second kappa shape index (κ2) is 5.63. The van der Waals surface area contributed by atoms with Crippen LogP contribution in [0.5, 0.6) is 0 Å². The van der Waals surface area contributed by atoms with Gasteiger partial charge in [-0.3, -0.25) is 0 Å². The van der Waals surface area contributed by atoms with Gasteiger partial charge in [0.2, 0.25) is 0 Å². The van der Waals surface area contributed by atoms with Gasteiger partial charge >= 0.3 is 12.4 Å². The highest BCUT2D eigenvalue weighted by atomic mass is 19.4. The Hall–Kier alpha value is -1.24. The van der Waals surface area contributed by atoms with E-state index in [-0.39, 0.29) is 5.56 Å². The first-order valence-corrected chi connectivity index (χ1v) is 5.86. The van der Waals surface area contributed by atoms with Gasteiger partial charge in [0.25, 0.3) is 0 Å². The molecule has 1 atom stereocenters. The van der Waals surface area contributed by atoms with Crippen molar-refractivity contribution in [2.45, 2.75) is 32.2 Å². The summed E-state index contributed by atoms with van der Waals surface area (Å²) in [5.41, 5.74) is 1.16. The molecule has 0 aliphatic heterocycles. The lowest BCUT2D eigenvalue weighted by Gasteiger charge is -2.31. The maximum atomic E-state index is 12.8. The van der Waals surface area contributed by atoms with Gasteiger partial charge in [-0.05, 0) is 32.0 Å². The Morgan fingerprint density at radius 3 is 1.80 bits per heavy atom. The fourth-order valence-corrected chi connectivity index (χ4v) is 2.24. The Balaban J connectivity index is 3.34. The van der Waals surface area contributed by atoms with Crippen LogP contribution in [0.3, 0.4) is 0 Å². The molecular weight excluding hydrogens is 284 g/mol. The van der Waals surface area contributed by atoms with E-state index >= 15 is 0 Å². The van der Waals surface area contributed by atoms with Crippen molar-refractivity contribution >= 4 is 0 Å². The molecule has 1 aromatic rings. The Morgan fingerprint density at radius 1 is 0.950 bits per heavy atom. The van der Waals surface area contributed by atoms with E-state index in [1.165, 1.54) is 19.1 Å². The highest BCUT2D eigenvalue weighted by molar-refractivity contribution is 5.33. The zero-order valence-electron chi connectivity index (χ0n) is 11.2. The fourth-order valence-electron chi connectivity index (χ4n) is 2.24. The van der Waals surface area contributed by atoms with Crippen LogP contribution in [0.1, 0.15) is 22.7 Å². The molecule has 0 aliphatic carbocycles. The number of rotatable bonds is 3.